The van der Waals surface area contributed by atoms with Crippen molar-refractivity contribution in [1.29, 1.82) is 0 Å². The van der Waals surface area contributed by atoms with Crippen LogP contribution in [0.4, 0.5) is 0 Å². The highest BCUT2D eigenvalue weighted by atomic mass is 16.5. The molecule has 0 N–H and O–H groups in total. The molecule has 0 bridgehead atoms. The lowest BCUT2D eigenvalue weighted by molar-refractivity contribution is 0.103. The highest BCUT2D eigenvalue weighted by Gasteiger charge is 2.09. The highest BCUT2D eigenvalue weighted by Crippen LogP contribution is 2.19. The van der Waals surface area contributed by atoms with Gasteiger partial charge in [0.25, 0.3) is 0 Å². The summed E-state index contributed by atoms with van der Waals surface area (Å²) < 4.78 is 10.4. The number of carbonyl (C=O) groups is 1. The molecule has 160 valence electrons. The van der Waals surface area contributed by atoms with Crippen LogP contribution in [0.25, 0.3) is 0 Å². The third-order valence-electron chi connectivity index (χ3n) is 5.57. The van der Waals surface area contributed by atoms with Gasteiger partial charge in [0.05, 0.1) is 14.2 Å². The van der Waals surface area contributed by atoms with Gasteiger partial charge in [0.2, 0.25) is 0 Å². The van der Waals surface area contributed by atoms with Crippen LogP contribution in [0.15, 0.2) is 97.1 Å². The number of benzene rings is 4. The van der Waals surface area contributed by atoms with Gasteiger partial charge >= 0.3 is 0 Å². The van der Waals surface area contributed by atoms with Crippen molar-refractivity contribution in [3.05, 3.63) is 130 Å². The van der Waals surface area contributed by atoms with E-state index in [1.54, 1.807) is 14.2 Å². The minimum Gasteiger partial charge on any atom is -0.497 e. The summed E-state index contributed by atoms with van der Waals surface area (Å²) >= 11 is 0. The number of carbonyl (C=O) groups excluding carboxylic acids is 1. The zero-order valence-electron chi connectivity index (χ0n) is 18.4. The molecule has 0 saturated carbocycles. The Hall–Kier alpha value is -3.85. The summed E-state index contributed by atoms with van der Waals surface area (Å²) in [6.45, 7) is 0. The summed E-state index contributed by atoms with van der Waals surface area (Å²) in [5.74, 6) is 1.74. The summed E-state index contributed by atoms with van der Waals surface area (Å²) in [5, 5.41) is 0. The van der Waals surface area contributed by atoms with Gasteiger partial charge in [-0.3, -0.25) is 4.79 Å². The molecule has 0 spiro atoms. The van der Waals surface area contributed by atoms with E-state index in [1.165, 1.54) is 22.3 Å². The molecule has 4 aromatic rings. The minimum atomic E-state index is 0.0389. The molecule has 0 fully saturated rings. The largest absolute Gasteiger partial charge is 0.497 e. The molecular formula is C29H26O3. The molecule has 0 saturated heterocycles. The van der Waals surface area contributed by atoms with E-state index in [1.807, 2.05) is 72.8 Å². The van der Waals surface area contributed by atoms with Gasteiger partial charge in [0.15, 0.2) is 5.78 Å². The number of rotatable bonds is 8. The third kappa shape index (κ3) is 5.25. The normalized spacial score (nSPS) is 10.6. The van der Waals surface area contributed by atoms with Crippen LogP contribution in [-0.4, -0.2) is 20.0 Å². The van der Waals surface area contributed by atoms with E-state index in [-0.39, 0.29) is 5.78 Å². The second-order valence-electron chi connectivity index (χ2n) is 7.77. The van der Waals surface area contributed by atoms with Gasteiger partial charge < -0.3 is 9.47 Å². The maximum absolute atomic E-state index is 12.9. The Labute approximate surface area is 189 Å². The molecule has 3 heteroatoms. The molecule has 4 rings (SSSR count). The molecular weight excluding hydrogens is 396 g/mol. The predicted octanol–water partition coefficient (Wildman–Crippen LogP) is 6.12. The van der Waals surface area contributed by atoms with Crippen LogP contribution < -0.4 is 9.47 Å². The number of ketones is 1. The maximum Gasteiger partial charge on any atom is 0.193 e. The van der Waals surface area contributed by atoms with E-state index in [0.717, 1.165) is 24.3 Å². The first kappa shape index (κ1) is 21.4. The highest BCUT2D eigenvalue weighted by molar-refractivity contribution is 6.09. The zero-order valence-corrected chi connectivity index (χ0v) is 18.4. The Morgan fingerprint density at radius 1 is 0.500 bits per heavy atom. The lowest BCUT2D eigenvalue weighted by Gasteiger charge is -2.07. The van der Waals surface area contributed by atoms with Crippen molar-refractivity contribution >= 4 is 5.78 Å². The van der Waals surface area contributed by atoms with Crippen molar-refractivity contribution in [2.24, 2.45) is 0 Å². The van der Waals surface area contributed by atoms with Gasteiger partial charge in [-0.05, 0) is 59.4 Å². The molecule has 0 unspecified atom stereocenters. The van der Waals surface area contributed by atoms with Crippen molar-refractivity contribution in [1.82, 2.24) is 0 Å². The van der Waals surface area contributed by atoms with Crippen LogP contribution in [0.5, 0.6) is 11.5 Å². The summed E-state index contributed by atoms with van der Waals surface area (Å²) in [5.41, 5.74) is 6.15. The van der Waals surface area contributed by atoms with Crippen LogP contribution in [0, 0.1) is 0 Å². The Morgan fingerprint density at radius 3 is 1.06 bits per heavy atom. The van der Waals surface area contributed by atoms with E-state index < -0.39 is 0 Å². The maximum atomic E-state index is 12.9. The smallest absolute Gasteiger partial charge is 0.193 e. The lowest BCUT2D eigenvalue weighted by atomic mass is 9.97. The fraction of sp³-hybridized carbons (Fsp3) is 0.138. The summed E-state index contributed by atoms with van der Waals surface area (Å²) in [6.07, 6.45) is 1.64. The van der Waals surface area contributed by atoms with Crippen molar-refractivity contribution in [3.8, 4) is 11.5 Å². The first-order chi connectivity index (χ1) is 15.6. The molecule has 32 heavy (non-hydrogen) atoms. The van der Waals surface area contributed by atoms with Crippen LogP contribution in [-0.2, 0) is 12.8 Å². The van der Waals surface area contributed by atoms with Crippen LogP contribution in [0.3, 0.4) is 0 Å². The molecule has 0 heterocycles. The Kier molecular flexibility index (Phi) is 6.66. The fourth-order valence-corrected chi connectivity index (χ4v) is 3.67. The quantitative estimate of drug-likeness (QED) is 0.321. The number of hydrogen-bond acceptors (Lipinski definition) is 3. The molecule has 0 aliphatic carbocycles. The molecule has 0 aliphatic heterocycles. The Morgan fingerprint density at radius 2 is 0.781 bits per heavy atom. The van der Waals surface area contributed by atoms with E-state index in [0.29, 0.717) is 11.1 Å². The number of hydrogen-bond donors (Lipinski definition) is 0. The van der Waals surface area contributed by atoms with E-state index in [2.05, 4.69) is 24.3 Å². The minimum absolute atomic E-state index is 0.0389. The Balaban J connectivity index is 1.39. The number of ether oxygens (including phenoxy) is 2. The molecule has 0 aromatic heterocycles. The van der Waals surface area contributed by atoms with Crippen molar-refractivity contribution in [2.75, 3.05) is 14.2 Å². The second kappa shape index (κ2) is 9.97. The fourth-order valence-electron chi connectivity index (χ4n) is 3.67. The van der Waals surface area contributed by atoms with Gasteiger partial charge in [-0.15, -0.1) is 0 Å². The Bertz CT molecular complexity index is 1060. The molecule has 0 amide bonds. The van der Waals surface area contributed by atoms with Crippen molar-refractivity contribution in [2.45, 2.75) is 12.8 Å². The van der Waals surface area contributed by atoms with Crippen LogP contribution >= 0.6 is 0 Å². The molecule has 0 radical (unpaired) electrons. The average molecular weight is 423 g/mol. The SMILES string of the molecule is COc1ccc(Cc2ccc(C(=O)c3ccc(Cc4ccc(OC)cc4)cc3)cc2)cc1. The van der Waals surface area contributed by atoms with E-state index in [9.17, 15) is 4.79 Å². The number of methoxy groups -OCH3 is 2. The van der Waals surface area contributed by atoms with Gasteiger partial charge in [0.1, 0.15) is 11.5 Å². The van der Waals surface area contributed by atoms with Gasteiger partial charge in [-0.1, -0.05) is 72.8 Å². The molecule has 0 aliphatic rings. The molecule has 3 nitrogen and oxygen atoms in total. The molecule has 4 aromatic carbocycles. The lowest BCUT2D eigenvalue weighted by Crippen LogP contribution is -2.02. The van der Waals surface area contributed by atoms with Crippen molar-refractivity contribution in [3.63, 3.8) is 0 Å². The topological polar surface area (TPSA) is 35.5 Å². The summed E-state index contributed by atoms with van der Waals surface area (Å²) in [6, 6.07) is 31.8. The zero-order chi connectivity index (χ0) is 22.3. The van der Waals surface area contributed by atoms with Gasteiger partial charge in [0, 0.05) is 11.1 Å². The van der Waals surface area contributed by atoms with E-state index >= 15 is 0 Å². The summed E-state index contributed by atoms with van der Waals surface area (Å²) in [4.78, 5) is 12.9. The van der Waals surface area contributed by atoms with Crippen LogP contribution in [0.1, 0.15) is 38.2 Å². The van der Waals surface area contributed by atoms with Crippen molar-refractivity contribution < 1.29 is 14.3 Å². The molecule has 0 atom stereocenters. The third-order valence-corrected chi connectivity index (χ3v) is 5.57. The second-order valence-corrected chi connectivity index (χ2v) is 7.77. The summed E-state index contributed by atoms with van der Waals surface area (Å²) in [7, 11) is 3.33. The monoisotopic (exact) mass is 422 g/mol. The predicted molar refractivity (Wildman–Crippen MR) is 128 cm³/mol. The first-order valence-corrected chi connectivity index (χ1v) is 10.6. The van der Waals surface area contributed by atoms with E-state index in [4.69, 9.17) is 9.47 Å². The first-order valence-electron chi connectivity index (χ1n) is 10.6. The average Bonchev–Trinajstić information content (AvgIpc) is 2.85. The standard InChI is InChI=1S/C29H26O3/c1-31-27-15-7-23(8-16-27)19-21-3-11-25(12-4-21)29(30)26-13-5-22(6-14-26)20-24-9-17-28(32-2)18-10-24/h3-18H,19-20H2,1-2H3. The van der Waals surface area contributed by atoms with Crippen LogP contribution in [0.2, 0.25) is 0 Å². The van der Waals surface area contributed by atoms with Gasteiger partial charge in [-0.2, -0.15) is 0 Å². The van der Waals surface area contributed by atoms with Gasteiger partial charge in [-0.25, -0.2) is 0 Å².